The van der Waals surface area contributed by atoms with Gasteiger partial charge >= 0.3 is 0 Å². The maximum absolute atomic E-state index is 12.4. The van der Waals surface area contributed by atoms with Crippen LogP contribution >= 0.6 is 0 Å². The van der Waals surface area contributed by atoms with Gasteiger partial charge in [0.25, 0.3) is 0 Å². The van der Waals surface area contributed by atoms with Crippen molar-refractivity contribution < 1.29 is 14.6 Å². The van der Waals surface area contributed by atoms with Gasteiger partial charge in [-0.1, -0.05) is 18.2 Å². The second kappa shape index (κ2) is 7.93. The Morgan fingerprint density at radius 2 is 2.08 bits per heavy atom. The molecule has 1 aliphatic heterocycles. The number of hydrogen-bond acceptors (Lipinski definition) is 4. The van der Waals surface area contributed by atoms with Crippen LogP contribution in [0.25, 0.3) is 0 Å². The van der Waals surface area contributed by atoms with Crippen LogP contribution in [0.15, 0.2) is 48.7 Å². The summed E-state index contributed by atoms with van der Waals surface area (Å²) in [5.74, 6) is 0.833. The Kier molecular flexibility index (Phi) is 5.43. The van der Waals surface area contributed by atoms with E-state index in [0.717, 1.165) is 36.4 Å². The normalized spacial score (nSPS) is 17.0. The van der Waals surface area contributed by atoms with Crippen molar-refractivity contribution in [3.8, 4) is 5.75 Å². The molecule has 3 rings (SSSR count). The van der Waals surface area contributed by atoms with Gasteiger partial charge in [0.15, 0.2) is 0 Å². The van der Waals surface area contributed by atoms with Crippen molar-refractivity contribution >= 4 is 5.91 Å². The number of carbonyl (C=O) groups is 1. The lowest BCUT2D eigenvalue weighted by atomic mass is 10.1. The number of likely N-dealkylation sites (tertiary alicyclic amines) is 1. The number of aliphatic hydroxyl groups excluding tert-OH is 1. The topological polar surface area (TPSA) is 62.7 Å². The van der Waals surface area contributed by atoms with E-state index in [1.54, 1.807) is 11.1 Å². The lowest BCUT2D eigenvalue weighted by Gasteiger charge is -2.23. The highest BCUT2D eigenvalue weighted by atomic mass is 16.5. The highest BCUT2D eigenvalue weighted by Gasteiger charge is 2.27. The lowest BCUT2D eigenvalue weighted by Crippen LogP contribution is -2.38. The monoisotopic (exact) mass is 326 g/mol. The summed E-state index contributed by atoms with van der Waals surface area (Å²) in [7, 11) is 0. The molecule has 1 aromatic heterocycles. The molecule has 1 amide bonds. The third-order valence-corrected chi connectivity index (χ3v) is 4.30. The van der Waals surface area contributed by atoms with E-state index in [1.807, 2.05) is 42.5 Å². The van der Waals surface area contributed by atoms with Gasteiger partial charge in [0.05, 0.1) is 24.8 Å². The zero-order chi connectivity index (χ0) is 16.8. The Balaban J connectivity index is 1.53. The quantitative estimate of drug-likeness (QED) is 0.884. The first-order valence-electron chi connectivity index (χ1n) is 8.28. The summed E-state index contributed by atoms with van der Waals surface area (Å²) in [6, 6.07) is 13.3. The van der Waals surface area contributed by atoms with E-state index in [1.165, 1.54) is 0 Å². The van der Waals surface area contributed by atoms with Crippen LogP contribution in [0.2, 0.25) is 0 Å². The van der Waals surface area contributed by atoms with Crippen LogP contribution in [0, 0.1) is 0 Å². The number of aromatic nitrogens is 1. The van der Waals surface area contributed by atoms with Gasteiger partial charge in [-0.05, 0) is 42.7 Å². The number of rotatable bonds is 6. The van der Waals surface area contributed by atoms with Crippen LogP contribution in [0.1, 0.15) is 24.1 Å². The average molecular weight is 326 g/mol. The number of amides is 1. The van der Waals surface area contributed by atoms with Crippen molar-refractivity contribution in [2.24, 2.45) is 0 Å². The Labute approximate surface area is 141 Å². The van der Waals surface area contributed by atoms with Crippen molar-refractivity contribution in [3.63, 3.8) is 0 Å². The first kappa shape index (κ1) is 16.5. The molecule has 0 saturated carbocycles. The van der Waals surface area contributed by atoms with E-state index in [9.17, 15) is 9.90 Å². The number of ether oxygens (including phenoxy) is 1. The molecule has 1 aromatic carbocycles. The van der Waals surface area contributed by atoms with E-state index in [4.69, 9.17) is 4.74 Å². The number of nitrogens with zero attached hydrogens (tertiary/aromatic N) is 2. The van der Waals surface area contributed by atoms with Crippen LogP contribution in [-0.2, 0) is 17.8 Å². The Morgan fingerprint density at radius 1 is 1.25 bits per heavy atom. The molecular formula is C19H22N2O3. The molecule has 0 aliphatic carbocycles. The first-order chi connectivity index (χ1) is 11.8. The maximum Gasteiger partial charge on any atom is 0.227 e. The van der Waals surface area contributed by atoms with Crippen LogP contribution in [0.5, 0.6) is 5.75 Å². The van der Waals surface area contributed by atoms with Crippen molar-refractivity contribution in [1.29, 1.82) is 0 Å². The van der Waals surface area contributed by atoms with Gasteiger partial charge in [-0.25, -0.2) is 0 Å². The molecule has 1 aliphatic rings. The van der Waals surface area contributed by atoms with Gasteiger partial charge in [-0.2, -0.15) is 0 Å². The standard InChI is InChI=1S/C19H22N2O3/c22-13-17-5-3-11-21(17)19(23)12-15-6-8-18(9-7-15)24-14-16-4-1-2-10-20-16/h1-2,4,6-10,17,22H,3,5,11-14H2/t17-/m1/s1. The van der Waals surface area contributed by atoms with E-state index >= 15 is 0 Å². The first-order valence-corrected chi connectivity index (χ1v) is 8.28. The minimum absolute atomic E-state index is 0.0153. The van der Waals surface area contributed by atoms with Crippen molar-refractivity contribution in [2.45, 2.75) is 31.9 Å². The Morgan fingerprint density at radius 3 is 2.79 bits per heavy atom. The number of benzene rings is 1. The Bertz CT molecular complexity index is 658. The summed E-state index contributed by atoms with van der Waals surface area (Å²) >= 11 is 0. The SMILES string of the molecule is O=C(Cc1ccc(OCc2ccccn2)cc1)N1CCC[C@@H]1CO. The molecule has 5 heteroatoms. The molecule has 0 unspecified atom stereocenters. The van der Waals surface area contributed by atoms with Crippen molar-refractivity contribution in [3.05, 3.63) is 59.9 Å². The van der Waals surface area contributed by atoms with Gasteiger partial charge in [0, 0.05) is 12.7 Å². The average Bonchev–Trinajstić information content (AvgIpc) is 3.11. The summed E-state index contributed by atoms with van der Waals surface area (Å²) < 4.78 is 5.70. The largest absolute Gasteiger partial charge is 0.487 e. The van der Waals surface area contributed by atoms with Crippen molar-refractivity contribution in [1.82, 2.24) is 9.88 Å². The smallest absolute Gasteiger partial charge is 0.227 e. The second-order valence-corrected chi connectivity index (χ2v) is 6.00. The summed E-state index contributed by atoms with van der Waals surface area (Å²) in [5.41, 5.74) is 1.83. The molecule has 2 heterocycles. The second-order valence-electron chi connectivity index (χ2n) is 6.00. The zero-order valence-corrected chi connectivity index (χ0v) is 13.6. The number of carbonyl (C=O) groups excluding carboxylic acids is 1. The molecule has 5 nitrogen and oxygen atoms in total. The van der Waals surface area contributed by atoms with E-state index < -0.39 is 0 Å². The number of hydrogen-bond donors (Lipinski definition) is 1. The molecule has 0 bridgehead atoms. The Hall–Kier alpha value is -2.40. The molecule has 1 atom stereocenters. The highest BCUT2D eigenvalue weighted by Crippen LogP contribution is 2.19. The molecular weight excluding hydrogens is 304 g/mol. The minimum atomic E-state index is -0.0153. The van der Waals surface area contributed by atoms with Gasteiger partial charge < -0.3 is 14.7 Å². The maximum atomic E-state index is 12.4. The lowest BCUT2D eigenvalue weighted by molar-refractivity contribution is -0.131. The predicted molar refractivity (Wildman–Crippen MR) is 90.5 cm³/mol. The fraction of sp³-hybridized carbons (Fsp3) is 0.368. The van der Waals surface area contributed by atoms with Crippen LogP contribution in [0.4, 0.5) is 0 Å². The van der Waals surface area contributed by atoms with Gasteiger partial charge in [-0.3, -0.25) is 9.78 Å². The summed E-state index contributed by atoms with van der Waals surface area (Å²) in [4.78, 5) is 18.4. The van der Waals surface area contributed by atoms with Crippen LogP contribution < -0.4 is 4.74 Å². The molecule has 0 spiro atoms. The highest BCUT2D eigenvalue weighted by molar-refractivity contribution is 5.79. The third kappa shape index (κ3) is 4.11. The van der Waals surface area contributed by atoms with Gasteiger partial charge in [0.1, 0.15) is 12.4 Å². The van der Waals surface area contributed by atoms with Gasteiger partial charge in [-0.15, -0.1) is 0 Å². The zero-order valence-electron chi connectivity index (χ0n) is 13.6. The molecule has 126 valence electrons. The number of aliphatic hydroxyl groups is 1. The fourth-order valence-electron chi connectivity index (χ4n) is 2.97. The molecule has 1 fully saturated rings. The van der Waals surface area contributed by atoms with E-state index in [-0.39, 0.29) is 18.6 Å². The minimum Gasteiger partial charge on any atom is -0.487 e. The summed E-state index contributed by atoms with van der Waals surface area (Å²) in [5, 5.41) is 9.33. The predicted octanol–water partition coefficient (Wildman–Crippen LogP) is 2.19. The number of pyridine rings is 1. The molecule has 1 saturated heterocycles. The molecule has 1 N–H and O–H groups in total. The molecule has 0 radical (unpaired) electrons. The van der Waals surface area contributed by atoms with E-state index in [2.05, 4.69) is 4.98 Å². The summed E-state index contributed by atoms with van der Waals surface area (Å²) in [6.07, 6.45) is 3.96. The third-order valence-electron chi connectivity index (χ3n) is 4.30. The van der Waals surface area contributed by atoms with Crippen LogP contribution in [-0.4, -0.2) is 40.1 Å². The molecule has 24 heavy (non-hydrogen) atoms. The van der Waals surface area contributed by atoms with Gasteiger partial charge in [0.2, 0.25) is 5.91 Å². The molecule has 2 aromatic rings. The van der Waals surface area contributed by atoms with Crippen molar-refractivity contribution in [2.75, 3.05) is 13.2 Å². The van der Waals surface area contributed by atoms with Crippen LogP contribution in [0.3, 0.4) is 0 Å². The fourth-order valence-corrected chi connectivity index (χ4v) is 2.97. The van der Waals surface area contributed by atoms with E-state index in [0.29, 0.717) is 13.0 Å². The summed E-state index contributed by atoms with van der Waals surface area (Å²) in [6.45, 7) is 1.21.